The summed E-state index contributed by atoms with van der Waals surface area (Å²) in [4.78, 5) is 51.1. The number of carbonyl (C=O) groups excluding carboxylic acids is 4. The fourth-order valence-corrected chi connectivity index (χ4v) is 6.26. The Labute approximate surface area is 256 Å². The first kappa shape index (κ1) is 29.8. The molecule has 0 saturated carbocycles. The van der Waals surface area contributed by atoms with E-state index < -0.39 is 43.9 Å². The van der Waals surface area contributed by atoms with E-state index in [-0.39, 0.29) is 53.7 Å². The van der Waals surface area contributed by atoms with Gasteiger partial charge in [0.15, 0.2) is 0 Å². The fraction of sp³-hybridized carbons (Fsp3) is 0.0667. The maximum absolute atomic E-state index is 13.0. The predicted molar refractivity (Wildman–Crippen MR) is 153 cm³/mol. The van der Waals surface area contributed by atoms with Crippen LogP contribution in [-0.4, -0.2) is 50.6 Å². The molecule has 13 nitrogen and oxygen atoms in total. The van der Waals surface area contributed by atoms with Gasteiger partial charge in [-0.05, 0) is 74.5 Å². The highest BCUT2D eigenvalue weighted by atomic mass is 32.2. The van der Waals surface area contributed by atoms with Crippen LogP contribution in [0.3, 0.4) is 0 Å². The van der Waals surface area contributed by atoms with Crippen LogP contribution in [0.4, 0.5) is 0 Å². The molecular formula is C30H20N2O11S2. The van der Waals surface area contributed by atoms with E-state index in [2.05, 4.69) is 0 Å². The molecule has 228 valence electrons. The van der Waals surface area contributed by atoms with E-state index in [4.69, 9.17) is 13.3 Å². The van der Waals surface area contributed by atoms with Gasteiger partial charge < -0.3 is 4.74 Å². The molecule has 0 spiro atoms. The molecule has 45 heavy (non-hydrogen) atoms. The van der Waals surface area contributed by atoms with Gasteiger partial charge in [0.2, 0.25) is 0 Å². The molecule has 4 aromatic rings. The molecular weight excluding hydrogens is 628 g/mol. The number of ether oxygens (including phenoxy) is 1. The highest BCUT2D eigenvalue weighted by Gasteiger charge is 2.42. The minimum absolute atomic E-state index is 0.0184. The van der Waals surface area contributed by atoms with Crippen molar-refractivity contribution in [1.82, 2.24) is 10.1 Å². The van der Waals surface area contributed by atoms with Crippen molar-refractivity contribution < 1.29 is 49.3 Å². The van der Waals surface area contributed by atoms with Crippen LogP contribution < -0.4 is 4.74 Å². The Morgan fingerprint density at radius 1 is 0.467 bits per heavy atom. The van der Waals surface area contributed by atoms with Crippen LogP contribution >= 0.6 is 0 Å². The molecule has 4 aromatic carbocycles. The third kappa shape index (κ3) is 5.38. The zero-order chi connectivity index (χ0) is 32.3. The monoisotopic (exact) mass is 648 g/mol. The van der Waals surface area contributed by atoms with Gasteiger partial charge in [0.05, 0.1) is 32.0 Å². The number of aryl methyl sites for hydroxylation is 2. The average molecular weight is 649 g/mol. The number of fused-ring (bicyclic) bond motifs is 2. The maximum Gasteiger partial charge on any atom is 0.318 e. The molecule has 0 aliphatic carbocycles. The fourth-order valence-electron chi connectivity index (χ4n) is 4.49. The number of hydroxylamine groups is 4. The van der Waals surface area contributed by atoms with Crippen molar-refractivity contribution in [2.24, 2.45) is 0 Å². The number of nitrogens with zero attached hydrogens (tertiary/aromatic N) is 2. The topological polar surface area (TPSA) is 171 Å². The summed E-state index contributed by atoms with van der Waals surface area (Å²) in [6, 6.07) is 18.7. The number of imide groups is 2. The van der Waals surface area contributed by atoms with Gasteiger partial charge in [-0.25, -0.2) is 0 Å². The molecule has 0 radical (unpaired) electrons. The van der Waals surface area contributed by atoms with Gasteiger partial charge in [0.1, 0.15) is 11.5 Å². The smallest absolute Gasteiger partial charge is 0.318 e. The van der Waals surface area contributed by atoms with Crippen LogP contribution in [0, 0.1) is 13.8 Å². The summed E-state index contributed by atoms with van der Waals surface area (Å²) in [6.45, 7) is 3.51. The molecule has 2 aliphatic rings. The SMILES string of the molecule is Cc1ccc(S(=O)(=O)ON2C(=O)c3ccc(Oc4ccc5c(c4)C(=O)N(OS(=O)(=O)c4ccc(C)cc4)C5=O)cc3C2=O)cc1. The quantitative estimate of drug-likeness (QED) is 0.254. The minimum Gasteiger partial charge on any atom is -0.457 e. The minimum atomic E-state index is -4.51. The van der Waals surface area contributed by atoms with Crippen LogP contribution in [0.2, 0.25) is 0 Å². The van der Waals surface area contributed by atoms with E-state index in [9.17, 15) is 36.0 Å². The van der Waals surface area contributed by atoms with Gasteiger partial charge in [0.25, 0.3) is 23.6 Å². The van der Waals surface area contributed by atoms with Crippen molar-refractivity contribution in [1.29, 1.82) is 0 Å². The molecule has 0 unspecified atom stereocenters. The summed E-state index contributed by atoms with van der Waals surface area (Å²) in [6.07, 6.45) is 0. The summed E-state index contributed by atoms with van der Waals surface area (Å²) >= 11 is 0. The molecule has 4 amide bonds. The lowest BCUT2D eigenvalue weighted by Gasteiger charge is -2.13. The van der Waals surface area contributed by atoms with Gasteiger partial charge in [-0.1, -0.05) is 35.4 Å². The number of rotatable bonds is 8. The third-order valence-corrected chi connectivity index (χ3v) is 9.23. The Kier molecular flexibility index (Phi) is 7.12. The van der Waals surface area contributed by atoms with Crippen molar-refractivity contribution >= 4 is 43.9 Å². The highest BCUT2D eigenvalue weighted by Crippen LogP contribution is 2.34. The van der Waals surface area contributed by atoms with Gasteiger partial charge in [0, 0.05) is 0 Å². The Morgan fingerprint density at radius 3 is 1.16 bits per heavy atom. The number of benzene rings is 4. The molecule has 0 fully saturated rings. The molecule has 6 rings (SSSR count). The Balaban J connectivity index is 1.20. The van der Waals surface area contributed by atoms with Crippen molar-refractivity contribution in [3.05, 3.63) is 118 Å². The summed E-state index contributed by atoms with van der Waals surface area (Å²) in [5.74, 6) is -4.06. The van der Waals surface area contributed by atoms with Crippen molar-refractivity contribution in [3.8, 4) is 11.5 Å². The number of hydrogen-bond donors (Lipinski definition) is 0. The molecule has 0 saturated heterocycles. The van der Waals surface area contributed by atoms with Crippen LogP contribution in [0.1, 0.15) is 52.6 Å². The lowest BCUT2D eigenvalue weighted by molar-refractivity contribution is -0.0107. The summed E-state index contributed by atoms with van der Waals surface area (Å²) in [5.41, 5.74) is 0.902. The number of hydrogen-bond acceptors (Lipinski definition) is 11. The summed E-state index contributed by atoms with van der Waals surface area (Å²) in [7, 11) is -9.02. The second kappa shape index (κ2) is 10.7. The number of amides is 4. The van der Waals surface area contributed by atoms with Crippen LogP contribution in [0.5, 0.6) is 11.5 Å². The zero-order valence-electron chi connectivity index (χ0n) is 23.3. The maximum atomic E-state index is 13.0. The Hall–Kier alpha value is -5.22. The summed E-state index contributed by atoms with van der Waals surface area (Å²) in [5, 5.41) is 0.283. The van der Waals surface area contributed by atoms with Gasteiger partial charge >= 0.3 is 20.2 Å². The Bertz CT molecular complexity index is 2010. The third-order valence-electron chi connectivity index (χ3n) is 6.84. The van der Waals surface area contributed by atoms with Crippen molar-refractivity contribution in [2.75, 3.05) is 0 Å². The largest absolute Gasteiger partial charge is 0.457 e. The molecule has 15 heteroatoms. The summed E-state index contributed by atoms with van der Waals surface area (Å²) < 4.78 is 66.2. The van der Waals surface area contributed by atoms with Gasteiger partial charge in [-0.2, -0.15) is 16.8 Å². The van der Waals surface area contributed by atoms with E-state index in [0.29, 0.717) is 0 Å². The molecule has 0 N–H and O–H groups in total. The molecule has 2 heterocycles. The first-order chi connectivity index (χ1) is 21.2. The van der Waals surface area contributed by atoms with E-state index in [1.807, 2.05) is 0 Å². The lowest BCUT2D eigenvalue weighted by Crippen LogP contribution is -2.32. The van der Waals surface area contributed by atoms with Crippen molar-refractivity contribution in [2.45, 2.75) is 23.6 Å². The van der Waals surface area contributed by atoms with Crippen LogP contribution in [-0.2, 0) is 28.8 Å². The second-order valence-electron chi connectivity index (χ2n) is 10.0. The van der Waals surface area contributed by atoms with Gasteiger partial charge in [-0.15, -0.1) is 18.7 Å². The standard InChI is InChI=1S/C30H20N2O11S2/c1-17-3-9-21(10-4-17)44(37,38)42-31-27(33)23-13-7-19(15-25(23)29(31)35)41-20-8-14-24-26(16-20)30(36)32(28(24)34)43-45(39,40)22-11-5-18(2)6-12-22/h3-16H,1-2H3. The second-order valence-corrected chi connectivity index (χ2v) is 13.1. The Morgan fingerprint density at radius 2 is 0.800 bits per heavy atom. The first-order valence-electron chi connectivity index (χ1n) is 13.0. The van der Waals surface area contributed by atoms with Gasteiger partial charge in [-0.3, -0.25) is 19.2 Å². The van der Waals surface area contributed by atoms with E-state index in [1.165, 1.54) is 84.9 Å². The number of carbonyl (C=O) groups is 4. The molecule has 0 bridgehead atoms. The van der Waals surface area contributed by atoms with E-state index in [1.54, 1.807) is 13.8 Å². The van der Waals surface area contributed by atoms with Crippen molar-refractivity contribution in [3.63, 3.8) is 0 Å². The normalized spacial score (nSPS) is 14.6. The molecule has 2 aliphatic heterocycles. The average Bonchev–Trinajstić information content (AvgIpc) is 3.36. The van der Waals surface area contributed by atoms with Crippen LogP contribution in [0.25, 0.3) is 0 Å². The van der Waals surface area contributed by atoms with Crippen LogP contribution in [0.15, 0.2) is 94.7 Å². The molecule has 0 atom stereocenters. The highest BCUT2D eigenvalue weighted by molar-refractivity contribution is 7.87. The van der Waals surface area contributed by atoms with E-state index in [0.717, 1.165) is 11.1 Å². The first-order valence-corrected chi connectivity index (χ1v) is 15.8. The zero-order valence-corrected chi connectivity index (χ0v) is 24.9. The predicted octanol–water partition coefficient (Wildman–Crippen LogP) is 3.93. The molecule has 0 aromatic heterocycles. The lowest BCUT2D eigenvalue weighted by atomic mass is 10.1. The van der Waals surface area contributed by atoms with E-state index >= 15 is 0 Å².